The Hall–Kier alpha value is -2.35. The summed E-state index contributed by atoms with van der Waals surface area (Å²) in [6, 6.07) is 10.0. The number of rotatable bonds is 7. The molecule has 3 rings (SSSR count). The number of hydrogen-bond acceptors (Lipinski definition) is 6. The fourth-order valence-electron chi connectivity index (χ4n) is 3.48. The van der Waals surface area contributed by atoms with E-state index in [-0.39, 0.29) is 11.5 Å². The lowest BCUT2D eigenvalue weighted by molar-refractivity contribution is 0.0976. The van der Waals surface area contributed by atoms with Crippen LogP contribution in [0.3, 0.4) is 0 Å². The maximum Gasteiger partial charge on any atom is 0.302 e. The lowest BCUT2D eigenvalue weighted by Crippen LogP contribution is -2.30. The third-order valence-electron chi connectivity index (χ3n) is 4.81. The summed E-state index contributed by atoms with van der Waals surface area (Å²) < 4.78 is 30.4. The van der Waals surface area contributed by atoms with Crippen molar-refractivity contribution in [2.24, 2.45) is 5.92 Å². The van der Waals surface area contributed by atoms with Crippen molar-refractivity contribution >= 4 is 27.6 Å². The number of aromatic nitrogens is 1. The quantitative estimate of drug-likeness (QED) is 0.778. The molecule has 7 nitrogen and oxygen atoms in total. The van der Waals surface area contributed by atoms with Crippen molar-refractivity contribution in [2.45, 2.75) is 39.0 Å². The van der Waals surface area contributed by atoms with E-state index in [4.69, 9.17) is 4.42 Å². The number of anilines is 2. The van der Waals surface area contributed by atoms with Gasteiger partial charge in [0.05, 0.1) is 6.26 Å². The third-order valence-corrected chi connectivity index (χ3v) is 5.37. The summed E-state index contributed by atoms with van der Waals surface area (Å²) in [6.45, 7) is 2.33. The minimum Gasteiger partial charge on any atom is -0.428 e. The van der Waals surface area contributed by atoms with Crippen molar-refractivity contribution in [1.29, 1.82) is 0 Å². The second-order valence-electron chi connectivity index (χ2n) is 7.03. The molecule has 1 saturated carbocycles. The van der Waals surface area contributed by atoms with E-state index in [0.29, 0.717) is 11.9 Å². The van der Waals surface area contributed by atoms with Crippen LogP contribution < -0.4 is 9.62 Å². The van der Waals surface area contributed by atoms with Gasteiger partial charge in [0.25, 0.3) is 5.91 Å². The number of nitrogens with zero attached hydrogens (tertiary/aromatic N) is 2. The summed E-state index contributed by atoms with van der Waals surface area (Å²) in [5.41, 5.74) is 0.907. The van der Waals surface area contributed by atoms with Crippen molar-refractivity contribution < 1.29 is 17.6 Å². The van der Waals surface area contributed by atoms with Crippen LogP contribution in [0.1, 0.15) is 48.4 Å². The molecule has 1 amide bonds. The van der Waals surface area contributed by atoms with Gasteiger partial charge in [-0.15, -0.1) is 0 Å². The van der Waals surface area contributed by atoms with Crippen LogP contribution in [-0.2, 0) is 10.0 Å². The summed E-state index contributed by atoms with van der Waals surface area (Å²) in [6.07, 6.45) is 7.00. The number of carbonyl (C=O) groups excluding carboxylic acids is 1. The molecular weight excluding hydrogens is 366 g/mol. The Morgan fingerprint density at radius 1 is 1.26 bits per heavy atom. The van der Waals surface area contributed by atoms with Crippen LogP contribution in [0.25, 0.3) is 0 Å². The maximum absolute atomic E-state index is 12.2. The molecule has 1 aromatic carbocycles. The number of hydrogen-bond donors (Lipinski definition) is 1. The van der Waals surface area contributed by atoms with Gasteiger partial charge in [-0.1, -0.05) is 43.9 Å². The molecule has 146 valence electrons. The van der Waals surface area contributed by atoms with Gasteiger partial charge < -0.3 is 4.42 Å². The van der Waals surface area contributed by atoms with Crippen LogP contribution in [-0.4, -0.2) is 32.1 Å². The van der Waals surface area contributed by atoms with E-state index in [1.807, 2.05) is 40.0 Å². The molecule has 0 saturated heterocycles. The Labute approximate surface area is 159 Å². The number of oxazole rings is 1. The molecule has 1 aromatic heterocycles. The largest absolute Gasteiger partial charge is 0.428 e. The van der Waals surface area contributed by atoms with E-state index < -0.39 is 15.9 Å². The minimum atomic E-state index is -3.67. The van der Waals surface area contributed by atoms with Gasteiger partial charge in [0.2, 0.25) is 10.0 Å². The van der Waals surface area contributed by atoms with Gasteiger partial charge in [0, 0.05) is 12.2 Å². The molecule has 0 aliphatic heterocycles. The fraction of sp³-hybridized carbons (Fsp3) is 0.474. The topological polar surface area (TPSA) is 92.5 Å². The Morgan fingerprint density at radius 3 is 2.56 bits per heavy atom. The van der Waals surface area contributed by atoms with Crippen LogP contribution in [0.5, 0.6) is 0 Å². The predicted molar refractivity (Wildman–Crippen MR) is 104 cm³/mol. The zero-order valence-corrected chi connectivity index (χ0v) is 16.5. The molecule has 0 bridgehead atoms. The van der Waals surface area contributed by atoms with Gasteiger partial charge >= 0.3 is 6.01 Å². The molecular formula is C19H25N3O4S. The molecule has 1 N–H and O–H groups in total. The fourth-order valence-corrected chi connectivity index (χ4v) is 3.91. The molecule has 1 fully saturated rings. The van der Waals surface area contributed by atoms with Gasteiger partial charge in [0.1, 0.15) is 5.76 Å². The Kier molecular flexibility index (Phi) is 5.84. The molecule has 8 heteroatoms. The number of aryl methyl sites for hydroxylation is 1. The Morgan fingerprint density at radius 2 is 1.93 bits per heavy atom. The number of para-hydroxylation sites is 1. The van der Waals surface area contributed by atoms with Crippen LogP contribution >= 0.6 is 0 Å². The molecule has 27 heavy (non-hydrogen) atoms. The minimum absolute atomic E-state index is 0.0165. The first-order valence-electron chi connectivity index (χ1n) is 9.15. The van der Waals surface area contributed by atoms with E-state index in [9.17, 15) is 13.2 Å². The summed E-state index contributed by atoms with van der Waals surface area (Å²) in [5.74, 6) is 0.196. The summed E-state index contributed by atoms with van der Waals surface area (Å²) in [7, 11) is -3.67. The van der Waals surface area contributed by atoms with Crippen LogP contribution in [0, 0.1) is 12.8 Å². The monoisotopic (exact) mass is 391 g/mol. The molecule has 2 aromatic rings. The van der Waals surface area contributed by atoms with Crippen molar-refractivity contribution in [3.63, 3.8) is 0 Å². The highest BCUT2D eigenvalue weighted by atomic mass is 32.2. The zero-order chi connectivity index (χ0) is 19.4. The molecule has 1 aliphatic rings. The van der Waals surface area contributed by atoms with Crippen molar-refractivity contribution in [3.8, 4) is 0 Å². The van der Waals surface area contributed by atoms with Crippen molar-refractivity contribution in [2.75, 3.05) is 17.7 Å². The second-order valence-corrected chi connectivity index (χ2v) is 8.78. The average molecular weight is 391 g/mol. The number of nitrogens with one attached hydrogen (secondary N) is 1. The maximum atomic E-state index is 12.2. The highest BCUT2D eigenvalue weighted by Gasteiger charge is 2.24. The van der Waals surface area contributed by atoms with Crippen molar-refractivity contribution in [1.82, 2.24) is 9.71 Å². The SMILES string of the molecule is Cc1oc(N(CCC2CCCC2)c2ccccc2)nc1C(=O)NS(C)(=O)=O. The smallest absolute Gasteiger partial charge is 0.302 e. The van der Waals surface area contributed by atoms with E-state index in [0.717, 1.165) is 24.9 Å². The average Bonchev–Trinajstić information content (AvgIpc) is 3.24. The summed E-state index contributed by atoms with van der Waals surface area (Å²) in [5, 5.41) is 0. The second kappa shape index (κ2) is 8.12. The predicted octanol–water partition coefficient (Wildman–Crippen LogP) is 3.39. The van der Waals surface area contributed by atoms with Gasteiger partial charge in [-0.3, -0.25) is 9.69 Å². The summed E-state index contributed by atoms with van der Waals surface area (Å²) >= 11 is 0. The molecule has 1 aliphatic carbocycles. The molecule has 1 heterocycles. The molecule has 0 unspecified atom stereocenters. The molecule has 0 spiro atoms. The van der Waals surface area contributed by atoms with Gasteiger partial charge in [0.15, 0.2) is 5.69 Å². The standard InChI is InChI=1S/C19H25N3O4S/c1-14-17(18(23)21-27(2,24)25)20-19(26-14)22(16-10-4-3-5-11-16)13-12-15-8-6-7-9-15/h3-5,10-11,15H,6-9,12-13H2,1-2H3,(H,21,23). The number of benzene rings is 1. The first kappa shape index (κ1) is 19.4. The molecule has 0 radical (unpaired) electrons. The highest BCUT2D eigenvalue weighted by molar-refractivity contribution is 7.89. The van der Waals surface area contributed by atoms with Gasteiger partial charge in [-0.05, 0) is 31.4 Å². The van der Waals surface area contributed by atoms with E-state index in [1.165, 1.54) is 25.7 Å². The molecule has 0 atom stereocenters. The number of sulfonamides is 1. The lowest BCUT2D eigenvalue weighted by Gasteiger charge is -2.22. The third kappa shape index (κ3) is 5.09. The van der Waals surface area contributed by atoms with Crippen molar-refractivity contribution in [3.05, 3.63) is 41.8 Å². The Balaban J connectivity index is 1.85. The van der Waals surface area contributed by atoms with E-state index in [1.54, 1.807) is 6.92 Å². The lowest BCUT2D eigenvalue weighted by atomic mass is 10.0. The highest BCUT2D eigenvalue weighted by Crippen LogP contribution is 2.31. The first-order chi connectivity index (χ1) is 12.8. The van der Waals surface area contributed by atoms with E-state index in [2.05, 4.69) is 4.98 Å². The van der Waals surface area contributed by atoms with Gasteiger partial charge in [-0.25, -0.2) is 13.1 Å². The van der Waals surface area contributed by atoms with Crippen LogP contribution in [0.15, 0.2) is 34.7 Å². The van der Waals surface area contributed by atoms with Crippen LogP contribution in [0.4, 0.5) is 11.7 Å². The summed E-state index contributed by atoms with van der Waals surface area (Å²) in [4.78, 5) is 18.4. The van der Waals surface area contributed by atoms with Crippen LogP contribution in [0.2, 0.25) is 0 Å². The normalized spacial score (nSPS) is 15.0. The number of amides is 1. The van der Waals surface area contributed by atoms with E-state index >= 15 is 0 Å². The Bertz CT molecular complexity index is 887. The first-order valence-corrected chi connectivity index (χ1v) is 11.0. The van der Waals surface area contributed by atoms with Gasteiger partial charge in [-0.2, -0.15) is 4.98 Å². The zero-order valence-electron chi connectivity index (χ0n) is 15.6. The number of carbonyl (C=O) groups is 1.